The number of hydrogen-bond acceptors (Lipinski definition) is 4. The van der Waals surface area contributed by atoms with Gasteiger partial charge in [-0.25, -0.2) is 4.79 Å². The number of oxime groups is 1. The molecule has 0 saturated heterocycles. The second-order valence-corrected chi connectivity index (χ2v) is 1.62. The van der Waals surface area contributed by atoms with Crippen LogP contribution in [0.5, 0.6) is 0 Å². The zero-order chi connectivity index (χ0) is 7.98. The fraction of sp³-hybridized carbons (Fsp3) is 0.667. The molecule has 0 aliphatic heterocycles. The maximum absolute atomic E-state index is 10.7. The fourth-order valence-corrected chi connectivity index (χ4v) is 0.470. The van der Waals surface area contributed by atoms with Crippen LogP contribution in [0.1, 0.15) is 20.3 Å². The summed E-state index contributed by atoms with van der Waals surface area (Å²) in [6.07, 6.45) is 0.384. The summed E-state index contributed by atoms with van der Waals surface area (Å²) < 4.78 is 4.56. The molecular formula is C6H11NO3. The molecule has 0 aromatic heterocycles. The Balaban J connectivity index is 3.91. The molecule has 58 valence electrons. The predicted molar refractivity (Wildman–Crippen MR) is 36.1 cm³/mol. The van der Waals surface area contributed by atoms with Crippen molar-refractivity contribution in [2.45, 2.75) is 20.3 Å². The minimum Gasteiger partial charge on any atom is -0.461 e. The second-order valence-electron chi connectivity index (χ2n) is 1.62. The van der Waals surface area contributed by atoms with E-state index in [9.17, 15) is 4.79 Å². The van der Waals surface area contributed by atoms with Gasteiger partial charge in [0, 0.05) is 0 Å². The smallest absolute Gasteiger partial charge is 0.356 e. The van der Waals surface area contributed by atoms with E-state index in [1.54, 1.807) is 13.8 Å². The number of carbonyl (C=O) groups excluding carboxylic acids is 1. The number of carbonyl (C=O) groups is 1. The van der Waals surface area contributed by atoms with Crippen molar-refractivity contribution in [1.82, 2.24) is 0 Å². The zero-order valence-electron chi connectivity index (χ0n) is 6.13. The van der Waals surface area contributed by atoms with Crippen molar-refractivity contribution in [3.8, 4) is 0 Å². The lowest BCUT2D eigenvalue weighted by molar-refractivity contribution is -0.135. The van der Waals surface area contributed by atoms with Crippen molar-refractivity contribution >= 4 is 11.7 Å². The largest absolute Gasteiger partial charge is 0.461 e. The van der Waals surface area contributed by atoms with Gasteiger partial charge in [0.05, 0.1) is 6.61 Å². The maximum atomic E-state index is 10.7. The average Bonchev–Trinajstić information content (AvgIpc) is 1.91. The van der Waals surface area contributed by atoms with E-state index in [-0.39, 0.29) is 5.71 Å². The molecule has 0 saturated carbocycles. The first-order valence-corrected chi connectivity index (χ1v) is 3.14. The third-order valence-electron chi connectivity index (χ3n) is 0.967. The SMILES string of the molecule is CCOC(=O)/C(CC)=N/O. The van der Waals surface area contributed by atoms with E-state index in [2.05, 4.69) is 9.89 Å². The van der Waals surface area contributed by atoms with Crippen molar-refractivity contribution in [3.05, 3.63) is 0 Å². The molecule has 0 aliphatic carbocycles. The first-order valence-electron chi connectivity index (χ1n) is 3.14. The molecule has 0 heterocycles. The molecule has 0 bridgehead atoms. The van der Waals surface area contributed by atoms with Crippen molar-refractivity contribution in [3.63, 3.8) is 0 Å². The monoisotopic (exact) mass is 145 g/mol. The lowest BCUT2D eigenvalue weighted by atomic mass is 10.3. The summed E-state index contributed by atoms with van der Waals surface area (Å²) in [5.74, 6) is -0.549. The van der Waals surface area contributed by atoms with Crippen LogP contribution in [-0.4, -0.2) is 23.5 Å². The van der Waals surface area contributed by atoms with E-state index in [0.717, 1.165) is 0 Å². The van der Waals surface area contributed by atoms with E-state index >= 15 is 0 Å². The molecule has 0 amide bonds. The van der Waals surface area contributed by atoms with E-state index in [0.29, 0.717) is 13.0 Å². The summed E-state index contributed by atoms with van der Waals surface area (Å²) in [5, 5.41) is 11.0. The van der Waals surface area contributed by atoms with Crippen LogP contribution >= 0.6 is 0 Å². The van der Waals surface area contributed by atoms with Gasteiger partial charge >= 0.3 is 5.97 Å². The molecule has 0 fully saturated rings. The second kappa shape index (κ2) is 4.78. The van der Waals surface area contributed by atoms with Gasteiger partial charge in [-0.1, -0.05) is 12.1 Å². The molecule has 0 aliphatic rings. The van der Waals surface area contributed by atoms with Gasteiger partial charge in [0.15, 0.2) is 5.71 Å². The van der Waals surface area contributed by atoms with E-state index in [1.807, 2.05) is 0 Å². The number of nitrogens with zero attached hydrogens (tertiary/aromatic N) is 1. The van der Waals surface area contributed by atoms with E-state index < -0.39 is 5.97 Å². The molecule has 0 rings (SSSR count). The molecule has 0 atom stereocenters. The van der Waals surface area contributed by atoms with Gasteiger partial charge in [0.1, 0.15) is 0 Å². The summed E-state index contributed by atoms with van der Waals surface area (Å²) in [7, 11) is 0. The Bertz CT molecular complexity index is 142. The summed E-state index contributed by atoms with van der Waals surface area (Å²) in [4.78, 5) is 10.7. The Morgan fingerprint density at radius 1 is 1.60 bits per heavy atom. The van der Waals surface area contributed by atoms with Crippen molar-refractivity contribution in [2.24, 2.45) is 5.16 Å². The predicted octanol–water partition coefficient (Wildman–Crippen LogP) is 0.790. The molecule has 0 aromatic carbocycles. The summed E-state index contributed by atoms with van der Waals surface area (Å²) in [5.41, 5.74) is 0.0573. The summed E-state index contributed by atoms with van der Waals surface area (Å²) >= 11 is 0. The molecule has 0 unspecified atom stereocenters. The van der Waals surface area contributed by atoms with Crippen molar-refractivity contribution in [2.75, 3.05) is 6.61 Å². The number of ether oxygens (including phenoxy) is 1. The fourth-order valence-electron chi connectivity index (χ4n) is 0.470. The first kappa shape index (κ1) is 8.94. The lowest BCUT2D eigenvalue weighted by Crippen LogP contribution is -2.16. The van der Waals surface area contributed by atoms with E-state index in [4.69, 9.17) is 5.21 Å². The molecular weight excluding hydrogens is 134 g/mol. The lowest BCUT2D eigenvalue weighted by Gasteiger charge is -1.99. The Hall–Kier alpha value is -1.06. The topological polar surface area (TPSA) is 58.9 Å². The Labute approximate surface area is 59.5 Å². The van der Waals surface area contributed by atoms with Crippen molar-refractivity contribution < 1.29 is 14.7 Å². The van der Waals surface area contributed by atoms with Crippen molar-refractivity contribution in [1.29, 1.82) is 0 Å². The Kier molecular flexibility index (Phi) is 4.28. The molecule has 10 heavy (non-hydrogen) atoms. The van der Waals surface area contributed by atoms with Crippen LogP contribution in [0.4, 0.5) is 0 Å². The van der Waals surface area contributed by atoms with Crippen LogP contribution in [0.2, 0.25) is 0 Å². The average molecular weight is 145 g/mol. The Morgan fingerprint density at radius 2 is 2.20 bits per heavy atom. The first-order chi connectivity index (χ1) is 4.76. The van der Waals surface area contributed by atoms with Gasteiger partial charge in [0.2, 0.25) is 0 Å². The Morgan fingerprint density at radius 3 is 2.50 bits per heavy atom. The highest BCUT2D eigenvalue weighted by Gasteiger charge is 2.09. The molecule has 1 N–H and O–H groups in total. The number of rotatable bonds is 3. The molecule has 0 aromatic rings. The molecule has 0 spiro atoms. The van der Waals surface area contributed by atoms with Crippen LogP contribution in [0.25, 0.3) is 0 Å². The van der Waals surface area contributed by atoms with Crippen LogP contribution in [0.15, 0.2) is 5.16 Å². The molecule has 4 nitrogen and oxygen atoms in total. The minimum atomic E-state index is -0.549. The van der Waals surface area contributed by atoms with Gasteiger partial charge < -0.3 is 9.94 Å². The van der Waals surface area contributed by atoms with Gasteiger partial charge in [0.25, 0.3) is 0 Å². The van der Waals surface area contributed by atoms with Gasteiger partial charge in [-0.15, -0.1) is 0 Å². The molecule has 0 radical (unpaired) electrons. The number of esters is 1. The van der Waals surface area contributed by atoms with Gasteiger partial charge in [-0.05, 0) is 13.3 Å². The van der Waals surface area contributed by atoms with Crippen LogP contribution < -0.4 is 0 Å². The van der Waals surface area contributed by atoms with Crippen LogP contribution in [0.3, 0.4) is 0 Å². The highest BCUT2D eigenvalue weighted by Crippen LogP contribution is 1.88. The highest BCUT2D eigenvalue weighted by molar-refractivity contribution is 6.36. The zero-order valence-corrected chi connectivity index (χ0v) is 6.13. The van der Waals surface area contributed by atoms with Crippen LogP contribution in [0, 0.1) is 0 Å². The normalized spacial score (nSPS) is 11.2. The minimum absolute atomic E-state index is 0.0573. The number of hydrogen-bond donors (Lipinski definition) is 1. The van der Waals surface area contributed by atoms with Gasteiger partial charge in [-0.2, -0.15) is 0 Å². The summed E-state index contributed by atoms with van der Waals surface area (Å²) in [6.45, 7) is 3.71. The summed E-state index contributed by atoms with van der Waals surface area (Å²) in [6, 6.07) is 0. The maximum Gasteiger partial charge on any atom is 0.356 e. The molecule has 4 heteroatoms. The quantitative estimate of drug-likeness (QED) is 0.276. The third-order valence-corrected chi connectivity index (χ3v) is 0.967. The third kappa shape index (κ3) is 2.48. The standard InChI is InChI=1S/C6H11NO3/c1-3-5(7-9)6(8)10-4-2/h9H,3-4H2,1-2H3/b7-5+. The van der Waals surface area contributed by atoms with E-state index in [1.165, 1.54) is 0 Å². The van der Waals surface area contributed by atoms with Gasteiger partial charge in [-0.3, -0.25) is 0 Å². The highest BCUT2D eigenvalue weighted by atomic mass is 16.5. The van der Waals surface area contributed by atoms with Crippen LogP contribution in [-0.2, 0) is 9.53 Å².